The highest BCUT2D eigenvalue weighted by Crippen LogP contribution is 2.35. The number of nitrogens with one attached hydrogen (secondary N) is 1. The fourth-order valence-corrected chi connectivity index (χ4v) is 3.00. The van der Waals surface area contributed by atoms with Crippen molar-refractivity contribution in [2.75, 3.05) is 6.54 Å². The summed E-state index contributed by atoms with van der Waals surface area (Å²) < 4.78 is 0. The summed E-state index contributed by atoms with van der Waals surface area (Å²) in [6.45, 7) is 10.5. The van der Waals surface area contributed by atoms with Crippen molar-refractivity contribution in [1.82, 2.24) is 5.32 Å². The number of rotatable bonds is 6. The van der Waals surface area contributed by atoms with Crippen LogP contribution in [0.25, 0.3) is 0 Å². The van der Waals surface area contributed by atoms with Crippen LogP contribution in [0.1, 0.15) is 66.2 Å². The molecule has 1 unspecified atom stereocenters. The van der Waals surface area contributed by atoms with Crippen LogP contribution in [0.5, 0.6) is 0 Å². The van der Waals surface area contributed by atoms with E-state index in [2.05, 4.69) is 33.0 Å². The van der Waals surface area contributed by atoms with Gasteiger partial charge < -0.3 is 5.32 Å². The Morgan fingerprint density at radius 1 is 1.06 bits per heavy atom. The van der Waals surface area contributed by atoms with Crippen molar-refractivity contribution in [3.05, 3.63) is 0 Å². The predicted octanol–water partition coefficient (Wildman–Crippen LogP) is 4.23. The molecule has 0 radical (unpaired) electrons. The van der Waals surface area contributed by atoms with Gasteiger partial charge in [-0.05, 0) is 43.6 Å². The zero-order chi connectivity index (χ0) is 12.0. The monoisotopic (exact) mass is 225 g/mol. The van der Waals surface area contributed by atoms with E-state index < -0.39 is 0 Å². The molecule has 1 saturated carbocycles. The second-order valence-electron chi connectivity index (χ2n) is 6.06. The molecule has 1 heteroatoms. The second-order valence-corrected chi connectivity index (χ2v) is 6.06. The average Bonchev–Trinajstić information content (AvgIpc) is 2.28. The molecule has 1 N–H and O–H groups in total. The third-order valence-electron chi connectivity index (χ3n) is 4.43. The number of hydrogen-bond donors (Lipinski definition) is 1. The highest BCUT2D eigenvalue weighted by Gasteiger charge is 2.23. The van der Waals surface area contributed by atoms with Crippen LogP contribution in [0.15, 0.2) is 0 Å². The minimum Gasteiger partial charge on any atom is -0.315 e. The fraction of sp³-hybridized carbons (Fsp3) is 1.00. The van der Waals surface area contributed by atoms with Crippen molar-refractivity contribution in [2.45, 2.75) is 72.3 Å². The Hall–Kier alpha value is -0.0400. The molecular formula is C15H31N. The van der Waals surface area contributed by atoms with Crippen LogP contribution in [-0.4, -0.2) is 12.6 Å². The van der Waals surface area contributed by atoms with Crippen LogP contribution < -0.4 is 5.32 Å². The van der Waals surface area contributed by atoms with E-state index in [0.29, 0.717) is 6.04 Å². The number of hydrogen-bond acceptors (Lipinski definition) is 1. The van der Waals surface area contributed by atoms with E-state index in [-0.39, 0.29) is 0 Å². The van der Waals surface area contributed by atoms with Crippen LogP contribution >= 0.6 is 0 Å². The lowest BCUT2D eigenvalue weighted by molar-refractivity contribution is 0.202. The molecule has 0 aromatic rings. The van der Waals surface area contributed by atoms with E-state index >= 15 is 0 Å². The van der Waals surface area contributed by atoms with Gasteiger partial charge in [0, 0.05) is 6.04 Å². The molecule has 16 heavy (non-hydrogen) atoms. The van der Waals surface area contributed by atoms with Gasteiger partial charge in [0.05, 0.1) is 0 Å². The van der Waals surface area contributed by atoms with E-state index in [1.54, 1.807) is 0 Å². The Bertz CT molecular complexity index is 168. The van der Waals surface area contributed by atoms with Crippen LogP contribution in [0.2, 0.25) is 0 Å². The summed E-state index contributed by atoms with van der Waals surface area (Å²) in [5.74, 6) is 2.97. The molecule has 1 aliphatic rings. The molecule has 1 rings (SSSR count). The third kappa shape index (κ3) is 4.86. The Labute approximate surface area is 102 Å². The lowest BCUT2D eigenvalue weighted by atomic mass is 9.75. The second kappa shape index (κ2) is 7.32. The lowest BCUT2D eigenvalue weighted by Crippen LogP contribution is -2.27. The minimum absolute atomic E-state index is 0.642. The first-order valence-corrected chi connectivity index (χ1v) is 7.36. The summed E-state index contributed by atoms with van der Waals surface area (Å²) in [5, 5.41) is 3.54. The van der Waals surface area contributed by atoms with Crippen molar-refractivity contribution in [3.63, 3.8) is 0 Å². The van der Waals surface area contributed by atoms with Crippen molar-refractivity contribution in [3.8, 4) is 0 Å². The molecule has 0 saturated heterocycles. The van der Waals surface area contributed by atoms with E-state index in [1.165, 1.54) is 45.1 Å². The fourth-order valence-electron chi connectivity index (χ4n) is 3.00. The molecule has 0 aliphatic heterocycles. The molecular weight excluding hydrogens is 194 g/mol. The van der Waals surface area contributed by atoms with Gasteiger partial charge in [0.2, 0.25) is 0 Å². The molecule has 0 spiro atoms. The van der Waals surface area contributed by atoms with Gasteiger partial charge in [-0.1, -0.05) is 47.0 Å². The quantitative estimate of drug-likeness (QED) is 0.713. The molecule has 0 aromatic carbocycles. The van der Waals surface area contributed by atoms with E-state index in [0.717, 1.165) is 17.8 Å². The largest absolute Gasteiger partial charge is 0.315 e. The first-order valence-electron chi connectivity index (χ1n) is 7.36. The summed E-state index contributed by atoms with van der Waals surface area (Å²) >= 11 is 0. The zero-order valence-electron chi connectivity index (χ0n) is 11.8. The van der Waals surface area contributed by atoms with E-state index in [9.17, 15) is 0 Å². The molecule has 0 amide bonds. The normalized spacial score (nSPS) is 28.3. The van der Waals surface area contributed by atoms with Crippen LogP contribution in [-0.2, 0) is 0 Å². The average molecular weight is 225 g/mol. The highest BCUT2D eigenvalue weighted by atomic mass is 14.9. The minimum atomic E-state index is 0.642. The highest BCUT2D eigenvalue weighted by molar-refractivity contribution is 4.76. The van der Waals surface area contributed by atoms with Gasteiger partial charge in [-0.15, -0.1) is 0 Å². The zero-order valence-corrected chi connectivity index (χ0v) is 11.8. The molecule has 1 atom stereocenters. The van der Waals surface area contributed by atoms with Crippen molar-refractivity contribution in [2.24, 2.45) is 17.8 Å². The maximum atomic E-state index is 3.54. The maximum Gasteiger partial charge on any atom is 0.00103 e. The van der Waals surface area contributed by atoms with Crippen LogP contribution in [0.3, 0.4) is 0 Å². The standard InChI is InChI=1S/C15H31N/c1-5-14-6-8-15(9-7-14)13(4)10-11-16-12(2)3/h12-16H,5-11H2,1-4H3. The van der Waals surface area contributed by atoms with Crippen LogP contribution in [0.4, 0.5) is 0 Å². The van der Waals surface area contributed by atoms with Gasteiger partial charge in [-0.25, -0.2) is 0 Å². The first-order chi connectivity index (χ1) is 7.63. The summed E-state index contributed by atoms with van der Waals surface area (Å²) in [6, 6.07) is 0.642. The van der Waals surface area contributed by atoms with E-state index in [4.69, 9.17) is 0 Å². The van der Waals surface area contributed by atoms with Crippen molar-refractivity contribution < 1.29 is 0 Å². The van der Waals surface area contributed by atoms with Gasteiger partial charge in [-0.2, -0.15) is 0 Å². The third-order valence-corrected chi connectivity index (χ3v) is 4.43. The summed E-state index contributed by atoms with van der Waals surface area (Å²) in [5.41, 5.74) is 0. The molecule has 0 heterocycles. The Morgan fingerprint density at radius 3 is 2.19 bits per heavy atom. The Balaban J connectivity index is 2.15. The predicted molar refractivity (Wildman–Crippen MR) is 72.7 cm³/mol. The van der Waals surface area contributed by atoms with Gasteiger partial charge in [0.15, 0.2) is 0 Å². The smallest absolute Gasteiger partial charge is 0.00103 e. The van der Waals surface area contributed by atoms with Gasteiger partial charge in [0.1, 0.15) is 0 Å². The summed E-state index contributed by atoms with van der Waals surface area (Å²) in [6.07, 6.45) is 8.71. The van der Waals surface area contributed by atoms with Gasteiger partial charge >= 0.3 is 0 Å². The summed E-state index contributed by atoms with van der Waals surface area (Å²) in [4.78, 5) is 0. The maximum absolute atomic E-state index is 3.54. The van der Waals surface area contributed by atoms with Crippen LogP contribution in [0, 0.1) is 17.8 Å². The Morgan fingerprint density at radius 2 is 1.69 bits per heavy atom. The Kier molecular flexibility index (Phi) is 6.41. The van der Waals surface area contributed by atoms with Crippen molar-refractivity contribution in [1.29, 1.82) is 0 Å². The molecule has 0 bridgehead atoms. The topological polar surface area (TPSA) is 12.0 Å². The lowest BCUT2D eigenvalue weighted by Gasteiger charge is -2.32. The van der Waals surface area contributed by atoms with Gasteiger partial charge in [0.25, 0.3) is 0 Å². The SMILES string of the molecule is CCC1CCC(C(C)CCNC(C)C)CC1. The molecule has 96 valence electrons. The summed E-state index contributed by atoms with van der Waals surface area (Å²) in [7, 11) is 0. The van der Waals surface area contributed by atoms with Crippen molar-refractivity contribution >= 4 is 0 Å². The van der Waals surface area contributed by atoms with Gasteiger partial charge in [-0.3, -0.25) is 0 Å². The first kappa shape index (κ1) is 14.0. The molecule has 0 aromatic heterocycles. The van der Waals surface area contributed by atoms with E-state index in [1.807, 2.05) is 0 Å². The molecule has 1 fully saturated rings. The molecule has 1 aliphatic carbocycles. The molecule has 1 nitrogen and oxygen atoms in total.